The van der Waals surface area contributed by atoms with Gasteiger partial charge in [0, 0.05) is 92.5 Å². The second kappa shape index (κ2) is 20.8. The number of rotatable bonds is 8. The molecule has 6 N–H and O–H groups in total. The van der Waals surface area contributed by atoms with E-state index in [2.05, 4.69) is 36.5 Å². The maximum absolute atomic E-state index is 14.8. The van der Waals surface area contributed by atoms with Gasteiger partial charge in [-0.3, -0.25) is 9.59 Å². The summed E-state index contributed by atoms with van der Waals surface area (Å²) in [7, 11) is -2.21. The van der Waals surface area contributed by atoms with Crippen LogP contribution in [0.1, 0.15) is 59.5 Å². The van der Waals surface area contributed by atoms with Gasteiger partial charge in [0.05, 0.1) is 25.5 Å². The highest BCUT2D eigenvalue weighted by atomic mass is 79.9. The molecular weight excluding hydrogens is 1030 g/mol. The van der Waals surface area contributed by atoms with Gasteiger partial charge in [0.15, 0.2) is 0 Å². The van der Waals surface area contributed by atoms with Crippen LogP contribution in [-0.4, -0.2) is 107 Å². The number of anilines is 2. The summed E-state index contributed by atoms with van der Waals surface area (Å²) < 4.78 is 90.1. The van der Waals surface area contributed by atoms with Gasteiger partial charge in [0.25, 0.3) is 11.8 Å². The summed E-state index contributed by atoms with van der Waals surface area (Å²) in [5, 5.41) is 5.67. The Labute approximate surface area is 426 Å². The van der Waals surface area contributed by atoms with Crippen molar-refractivity contribution in [1.29, 1.82) is 0 Å². The molecule has 0 bridgehead atoms. The number of sulfonamides is 2. The van der Waals surface area contributed by atoms with Gasteiger partial charge in [-0.15, -0.1) is 0 Å². The molecule has 5 heterocycles. The van der Waals surface area contributed by atoms with Crippen molar-refractivity contribution in [2.45, 2.75) is 61.5 Å². The average molecular weight is 1090 g/mol. The summed E-state index contributed by atoms with van der Waals surface area (Å²) in [5.41, 5.74) is 19.3. The minimum absolute atomic E-state index is 0.0279. The van der Waals surface area contributed by atoms with Gasteiger partial charge in [0.2, 0.25) is 20.0 Å². The molecule has 0 aliphatic carbocycles. The highest BCUT2D eigenvalue weighted by Crippen LogP contribution is 2.38. The van der Waals surface area contributed by atoms with Crippen molar-refractivity contribution in [2.75, 3.05) is 52.7 Å². The topological polar surface area (TPSA) is 229 Å². The van der Waals surface area contributed by atoms with Crippen LogP contribution >= 0.6 is 15.9 Å². The van der Waals surface area contributed by atoms with E-state index in [0.717, 1.165) is 66.0 Å². The van der Waals surface area contributed by atoms with Crippen molar-refractivity contribution >= 4 is 72.0 Å². The zero-order valence-electron chi connectivity index (χ0n) is 40.8. The van der Waals surface area contributed by atoms with Gasteiger partial charge in [-0.2, -0.15) is 0 Å². The van der Waals surface area contributed by atoms with Gasteiger partial charge in [0.1, 0.15) is 23.3 Å². The molecule has 0 spiro atoms. The van der Waals surface area contributed by atoms with E-state index in [9.17, 15) is 35.2 Å². The fourth-order valence-corrected chi connectivity index (χ4v) is 9.90. The lowest BCUT2D eigenvalue weighted by Gasteiger charge is -2.32. The van der Waals surface area contributed by atoms with E-state index in [1.807, 2.05) is 58.0 Å². The maximum Gasteiger partial charge on any atom is 0.496 e. The predicted molar refractivity (Wildman–Crippen MR) is 277 cm³/mol. The maximum atomic E-state index is 14.8. The van der Waals surface area contributed by atoms with Crippen LogP contribution in [0.25, 0.3) is 33.4 Å². The van der Waals surface area contributed by atoms with E-state index in [0.29, 0.717) is 42.0 Å². The highest BCUT2D eigenvalue weighted by Gasteiger charge is 2.52. The summed E-state index contributed by atoms with van der Waals surface area (Å²) >= 11 is 2.95. The third-order valence-electron chi connectivity index (χ3n) is 12.8. The minimum atomic E-state index is -3.74. The number of hydrogen-bond donors (Lipinski definition) is 4. The molecule has 2 aromatic heterocycles. The van der Waals surface area contributed by atoms with E-state index in [1.54, 1.807) is 24.4 Å². The van der Waals surface area contributed by atoms with E-state index in [4.69, 9.17) is 20.8 Å². The number of pyridine rings is 2. The molecule has 0 unspecified atom stereocenters. The Hall–Kier alpha value is -6.14. The van der Waals surface area contributed by atoms with Gasteiger partial charge < -0.3 is 31.4 Å². The minimum Gasteiger partial charge on any atom is -0.399 e. The zero-order chi connectivity index (χ0) is 52.7. The Bertz CT molecular complexity index is 3330. The first-order valence-electron chi connectivity index (χ1n) is 22.5. The fraction of sp³-hybridized carbons (Fsp3) is 0.280. The van der Waals surface area contributed by atoms with Crippen LogP contribution in [0.15, 0.2) is 112 Å². The van der Waals surface area contributed by atoms with Gasteiger partial charge >= 0.3 is 7.12 Å². The Morgan fingerprint density at radius 1 is 0.597 bits per heavy atom. The molecule has 0 atom stereocenters. The summed E-state index contributed by atoms with van der Waals surface area (Å²) in [6.45, 7) is 9.30. The molecular formula is C50H54BBrF2N8O8S2. The normalized spacial score (nSPS) is 15.9. The summed E-state index contributed by atoms with van der Waals surface area (Å²) in [6, 6.07) is 22.4. The van der Waals surface area contributed by atoms with Crippen molar-refractivity contribution in [3.05, 3.63) is 136 Å². The number of carbonyl (C=O) groups is 2. The molecule has 72 heavy (non-hydrogen) atoms. The largest absolute Gasteiger partial charge is 0.496 e. The van der Waals surface area contributed by atoms with Gasteiger partial charge in [-0.1, -0.05) is 30.3 Å². The first kappa shape index (κ1) is 53.7. The third-order valence-corrected chi connectivity index (χ3v) is 17.0. The number of aromatic nitrogens is 2. The molecule has 9 rings (SSSR count). The molecule has 3 aliphatic rings. The SMILES string of the molecule is CC1(C)OB(c2cnc(N)c(-c3ccc4c(c3)CCNC4=O)c2)OC1(C)C.CN(C)S(=O)(=O)c1ccc(-c2cnc(N)c(-c3ccc4c(c3)CCNC4=O)c2)c(F)c1.CN(C)S(=O)(=O)c1ccc(Br)c(F)c1. The quantitative estimate of drug-likeness (QED) is 0.121. The molecule has 1 saturated heterocycles. The van der Waals surface area contributed by atoms with E-state index in [-0.39, 0.29) is 37.5 Å². The molecule has 4 aromatic carbocycles. The second-order valence-electron chi connectivity index (χ2n) is 18.5. The van der Waals surface area contributed by atoms with E-state index >= 15 is 0 Å². The summed E-state index contributed by atoms with van der Waals surface area (Å²) in [6.07, 6.45) is 4.66. The first-order valence-corrected chi connectivity index (χ1v) is 26.2. The molecule has 1 fully saturated rings. The van der Waals surface area contributed by atoms with E-state index < -0.39 is 50.0 Å². The van der Waals surface area contributed by atoms with Crippen LogP contribution in [0.5, 0.6) is 0 Å². The van der Waals surface area contributed by atoms with Gasteiger partial charge in [-0.05, 0) is 133 Å². The van der Waals surface area contributed by atoms with Crippen LogP contribution in [0, 0.1) is 11.6 Å². The third kappa shape index (κ3) is 11.1. The van der Waals surface area contributed by atoms with Crippen LogP contribution in [0.4, 0.5) is 20.4 Å². The summed E-state index contributed by atoms with van der Waals surface area (Å²) in [5.74, 6) is -0.690. The smallest absolute Gasteiger partial charge is 0.399 e. The van der Waals surface area contributed by atoms with Crippen molar-refractivity contribution in [3.63, 3.8) is 0 Å². The molecule has 3 aliphatic heterocycles. The van der Waals surface area contributed by atoms with Crippen molar-refractivity contribution < 1.29 is 44.5 Å². The van der Waals surface area contributed by atoms with Crippen molar-refractivity contribution in [1.82, 2.24) is 29.2 Å². The molecule has 22 heteroatoms. The fourth-order valence-electron chi connectivity index (χ4n) is 7.83. The molecule has 0 saturated carbocycles. The van der Waals surface area contributed by atoms with Crippen molar-refractivity contribution in [2.24, 2.45) is 0 Å². The number of hydrogen-bond acceptors (Lipinski definition) is 12. The number of carbonyl (C=O) groups excluding carboxylic acids is 2. The Balaban J connectivity index is 0.000000169. The van der Waals surface area contributed by atoms with Crippen LogP contribution < -0.4 is 27.6 Å². The van der Waals surface area contributed by atoms with Crippen molar-refractivity contribution in [3.8, 4) is 33.4 Å². The molecule has 16 nitrogen and oxygen atoms in total. The number of benzene rings is 4. The Morgan fingerprint density at radius 3 is 1.51 bits per heavy atom. The molecule has 2 amide bonds. The highest BCUT2D eigenvalue weighted by molar-refractivity contribution is 9.10. The zero-order valence-corrected chi connectivity index (χ0v) is 44.0. The monoisotopic (exact) mass is 1090 g/mol. The van der Waals surface area contributed by atoms with Gasteiger partial charge in [-0.25, -0.2) is 44.2 Å². The second-order valence-corrected chi connectivity index (χ2v) is 23.7. The lowest BCUT2D eigenvalue weighted by atomic mass is 9.79. The number of nitrogens with two attached hydrogens (primary N) is 2. The Kier molecular flexibility index (Phi) is 15.5. The predicted octanol–water partition coefficient (Wildman–Crippen LogP) is 6.43. The number of fused-ring (bicyclic) bond motifs is 2. The molecule has 6 aromatic rings. The molecule has 0 radical (unpaired) electrons. The van der Waals surface area contributed by atoms with Crippen LogP contribution in [-0.2, 0) is 42.2 Å². The summed E-state index contributed by atoms with van der Waals surface area (Å²) in [4.78, 5) is 32.3. The van der Waals surface area contributed by atoms with E-state index in [1.165, 1.54) is 58.7 Å². The number of nitrogens with one attached hydrogen (secondary N) is 2. The van der Waals surface area contributed by atoms with Crippen LogP contribution in [0.2, 0.25) is 0 Å². The molecule has 378 valence electrons. The average Bonchev–Trinajstić information content (AvgIpc) is 3.55. The number of nitrogens with zero attached hydrogens (tertiary/aromatic N) is 4. The lowest BCUT2D eigenvalue weighted by Crippen LogP contribution is -2.41. The number of nitrogen functional groups attached to an aromatic ring is 2. The number of halogens is 3. The van der Waals surface area contributed by atoms with Crippen LogP contribution in [0.3, 0.4) is 0 Å². The Morgan fingerprint density at radius 2 is 1.04 bits per heavy atom. The standard InChI is InChI=1S/C22H21FN4O3S.C20H24BN3O3.C8H9BrFNO2S/c1-27(2)31(29,30)16-4-6-17(20(23)11-16)15-10-19(21(24)26-12-15)13-3-5-18-14(9-13)7-8-25-22(18)28;1-19(2)20(3,4)27-21(26-19)14-10-16(17(22)24-11-14)12-5-6-15-13(9-12)7-8-23-18(15)25;1-11(2)14(12,13)6-3-4-7(9)8(10)5-6/h3-6,9-12H,7-8H2,1-2H3,(H2,24,26)(H,25,28);5-6,9-11H,7-8H2,1-4H3,(H2,22,24)(H,23,25);3-5H,1-2H3. The lowest BCUT2D eigenvalue weighted by molar-refractivity contribution is 0.00578. The first-order chi connectivity index (χ1) is 33.7. The number of amides is 2.